The van der Waals surface area contributed by atoms with Crippen molar-refractivity contribution in [3.8, 4) is 22.6 Å². The largest absolute Gasteiger partial charge is 0.370 e. The molecule has 7 rings (SSSR count). The van der Waals surface area contributed by atoms with Gasteiger partial charge in [-0.1, -0.05) is 30.3 Å². The van der Waals surface area contributed by atoms with Gasteiger partial charge >= 0.3 is 0 Å². The Bertz CT molecular complexity index is 1790. The fourth-order valence-corrected chi connectivity index (χ4v) is 5.55. The van der Waals surface area contributed by atoms with Crippen molar-refractivity contribution in [3.63, 3.8) is 0 Å². The second-order valence-electron chi connectivity index (χ2n) is 10.3. The van der Waals surface area contributed by atoms with Crippen LogP contribution in [0, 0.1) is 5.82 Å². The molecule has 0 aliphatic carbocycles. The maximum Gasteiger partial charge on any atom is 0.180 e. The molecule has 1 aliphatic rings. The van der Waals surface area contributed by atoms with E-state index in [-0.39, 0.29) is 5.82 Å². The van der Waals surface area contributed by atoms with Crippen molar-refractivity contribution < 1.29 is 4.39 Å². The summed E-state index contributed by atoms with van der Waals surface area (Å²) >= 11 is 0. The lowest BCUT2D eigenvalue weighted by molar-refractivity contribution is 0.578. The average molecular weight is 533 g/mol. The molecule has 6 aromatic rings. The molecular formula is C31H29FN8. The lowest BCUT2D eigenvalue weighted by atomic mass is 10.0. The molecule has 1 aliphatic heterocycles. The number of nitrogens with zero attached hydrogens (tertiary/aromatic N) is 5. The Hall–Kier alpha value is -4.63. The van der Waals surface area contributed by atoms with Crippen LogP contribution in [-0.2, 0) is 13.1 Å². The molecule has 40 heavy (non-hydrogen) atoms. The van der Waals surface area contributed by atoms with E-state index in [9.17, 15) is 0 Å². The summed E-state index contributed by atoms with van der Waals surface area (Å²) in [5.41, 5.74) is 6.94. The Morgan fingerprint density at radius 3 is 2.65 bits per heavy atom. The summed E-state index contributed by atoms with van der Waals surface area (Å²) in [4.78, 5) is 19.4. The van der Waals surface area contributed by atoms with Gasteiger partial charge in [0.2, 0.25) is 0 Å². The lowest BCUT2D eigenvalue weighted by Crippen LogP contribution is -2.29. The van der Waals surface area contributed by atoms with E-state index in [4.69, 9.17) is 4.98 Å². The van der Waals surface area contributed by atoms with E-state index in [1.54, 1.807) is 18.5 Å². The van der Waals surface area contributed by atoms with Gasteiger partial charge in [-0.15, -0.1) is 0 Å². The molecule has 8 nitrogen and oxygen atoms in total. The van der Waals surface area contributed by atoms with Crippen LogP contribution < -0.4 is 10.2 Å². The molecule has 2 aromatic carbocycles. The number of aromatic amines is 2. The summed E-state index contributed by atoms with van der Waals surface area (Å²) in [6, 6.07) is 17.8. The van der Waals surface area contributed by atoms with Gasteiger partial charge in [0.1, 0.15) is 17.0 Å². The van der Waals surface area contributed by atoms with Crippen LogP contribution in [0.4, 0.5) is 10.1 Å². The Morgan fingerprint density at radius 1 is 0.925 bits per heavy atom. The number of H-pyrrole nitrogens is 2. The van der Waals surface area contributed by atoms with Crippen molar-refractivity contribution in [3.05, 3.63) is 90.1 Å². The van der Waals surface area contributed by atoms with Crippen molar-refractivity contribution in [1.29, 1.82) is 0 Å². The number of aromatic nitrogens is 6. The van der Waals surface area contributed by atoms with Crippen LogP contribution in [0.5, 0.6) is 0 Å². The molecule has 0 spiro atoms. The third kappa shape index (κ3) is 4.58. The van der Waals surface area contributed by atoms with Crippen LogP contribution in [0.25, 0.3) is 44.7 Å². The number of rotatable bonds is 7. The highest BCUT2D eigenvalue weighted by Crippen LogP contribution is 2.35. The van der Waals surface area contributed by atoms with Crippen molar-refractivity contribution in [2.24, 2.45) is 0 Å². The minimum atomic E-state index is -0.359. The van der Waals surface area contributed by atoms with Crippen LogP contribution >= 0.6 is 0 Å². The van der Waals surface area contributed by atoms with Crippen LogP contribution in [0.15, 0.2) is 73.2 Å². The maximum atomic E-state index is 16.2. The number of nitrogens with one attached hydrogen (secondary N) is 3. The van der Waals surface area contributed by atoms with Gasteiger partial charge in [-0.25, -0.2) is 14.4 Å². The second kappa shape index (κ2) is 10.5. The van der Waals surface area contributed by atoms with Gasteiger partial charge in [0.15, 0.2) is 11.5 Å². The molecule has 0 radical (unpaired) electrons. The van der Waals surface area contributed by atoms with Gasteiger partial charge < -0.3 is 15.2 Å². The van der Waals surface area contributed by atoms with Gasteiger partial charge in [-0.2, -0.15) is 5.10 Å². The van der Waals surface area contributed by atoms with Crippen molar-refractivity contribution >= 4 is 27.8 Å². The molecule has 0 unspecified atom stereocenters. The van der Waals surface area contributed by atoms with E-state index in [2.05, 4.69) is 47.5 Å². The van der Waals surface area contributed by atoms with Crippen LogP contribution in [-0.4, -0.2) is 43.2 Å². The first-order valence-corrected chi connectivity index (χ1v) is 13.7. The standard InChI is InChI=1S/C31H29FN8/c32-27-23(22-15-21(18-34-19-22)17-33-16-20-7-3-1-4-8-20)9-10-24-26(27)29(39-38-24)31-36-28-25(11-12-35-30(28)37-31)40-13-5-2-6-14-40/h1,3-4,7-12,15,18-19,33H,2,5-6,13-14,16-17H2,(H,38,39)(H,35,36,37). The zero-order chi connectivity index (χ0) is 26.9. The molecule has 200 valence electrons. The first-order chi connectivity index (χ1) is 19.7. The molecule has 1 saturated heterocycles. The van der Waals surface area contributed by atoms with Gasteiger partial charge in [-0.05, 0) is 54.7 Å². The third-order valence-corrected chi connectivity index (χ3v) is 7.57. The fraction of sp³-hybridized carbons (Fsp3) is 0.226. The number of benzene rings is 2. The predicted molar refractivity (Wildman–Crippen MR) is 155 cm³/mol. The Labute approximate surface area is 230 Å². The van der Waals surface area contributed by atoms with Gasteiger partial charge in [0.05, 0.1) is 16.6 Å². The predicted octanol–water partition coefficient (Wildman–Crippen LogP) is 5.98. The smallest absolute Gasteiger partial charge is 0.180 e. The molecule has 0 saturated carbocycles. The number of hydrogen-bond donors (Lipinski definition) is 3. The molecule has 5 heterocycles. The molecule has 4 aromatic heterocycles. The highest BCUT2D eigenvalue weighted by Gasteiger charge is 2.22. The summed E-state index contributed by atoms with van der Waals surface area (Å²) in [5.74, 6) is 0.133. The molecular weight excluding hydrogens is 503 g/mol. The quantitative estimate of drug-likeness (QED) is 0.234. The third-order valence-electron chi connectivity index (χ3n) is 7.57. The van der Waals surface area contributed by atoms with Crippen molar-refractivity contribution in [1.82, 2.24) is 35.5 Å². The second-order valence-corrected chi connectivity index (χ2v) is 10.3. The number of anilines is 1. The highest BCUT2D eigenvalue weighted by atomic mass is 19.1. The first-order valence-electron chi connectivity index (χ1n) is 13.7. The first kappa shape index (κ1) is 24.4. The van der Waals surface area contributed by atoms with E-state index in [0.29, 0.717) is 45.7 Å². The lowest BCUT2D eigenvalue weighted by Gasteiger charge is -2.28. The molecule has 9 heteroatoms. The van der Waals surface area contributed by atoms with Gasteiger partial charge in [-0.3, -0.25) is 10.1 Å². The fourth-order valence-electron chi connectivity index (χ4n) is 5.55. The van der Waals surface area contributed by atoms with Crippen molar-refractivity contribution in [2.45, 2.75) is 32.4 Å². The van der Waals surface area contributed by atoms with Gasteiger partial charge in [0, 0.05) is 55.9 Å². The number of imidazole rings is 1. The van der Waals surface area contributed by atoms with E-state index >= 15 is 4.39 Å². The minimum Gasteiger partial charge on any atom is -0.370 e. The minimum absolute atomic E-state index is 0.359. The zero-order valence-electron chi connectivity index (χ0n) is 22.0. The van der Waals surface area contributed by atoms with E-state index in [1.807, 2.05) is 42.6 Å². The normalized spacial score (nSPS) is 13.9. The summed E-state index contributed by atoms with van der Waals surface area (Å²) in [5, 5.41) is 11.3. The topological polar surface area (TPSA) is 98.4 Å². The Kier molecular flexibility index (Phi) is 6.41. The molecule has 0 amide bonds. The monoisotopic (exact) mass is 532 g/mol. The van der Waals surface area contributed by atoms with Gasteiger partial charge in [0.25, 0.3) is 0 Å². The summed E-state index contributed by atoms with van der Waals surface area (Å²) < 4.78 is 16.2. The molecule has 3 N–H and O–H groups in total. The van der Waals surface area contributed by atoms with Crippen LogP contribution in [0.2, 0.25) is 0 Å². The number of piperidine rings is 1. The zero-order valence-corrected chi connectivity index (χ0v) is 22.0. The Balaban J connectivity index is 1.21. The van der Waals surface area contributed by atoms with E-state index in [0.717, 1.165) is 36.4 Å². The molecule has 1 fully saturated rings. The average Bonchev–Trinajstić information content (AvgIpc) is 3.63. The van der Waals surface area contributed by atoms with Crippen molar-refractivity contribution in [2.75, 3.05) is 18.0 Å². The summed E-state index contributed by atoms with van der Waals surface area (Å²) in [7, 11) is 0. The Morgan fingerprint density at radius 2 is 1.77 bits per heavy atom. The number of pyridine rings is 2. The van der Waals surface area contributed by atoms with Crippen LogP contribution in [0.3, 0.4) is 0 Å². The number of hydrogen-bond acceptors (Lipinski definition) is 6. The number of fused-ring (bicyclic) bond motifs is 2. The molecule has 0 bridgehead atoms. The highest BCUT2D eigenvalue weighted by molar-refractivity contribution is 5.97. The summed E-state index contributed by atoms with van der Waals surface area (Å²) in [6.07, 6.45) is 8.88. The molecule has 0 atom stereocenters. The van der Waals surface area contributed by atoms with E-state index < -0.39 is 0 Å². The van der Waals surface area contributed by atoms with Crippen LogP contribution in [0.1, 0.15) is 30.4 Å². The number of halogens is 1. The summed E-state index contributed by atoms with van der Waals surface area (Å²) in [6.45, 7) is 3.38. The maximum absolute atomic E-state index is 16.2. The van der Waals surface area contributed by atoms with E-state index in [1.165, 1.54) is 24.8 Å². The SMILES string of the molecule is Fc1c(-c2cncc(CNCc3ccccc3)c2)ccc2[nH]nc(-c3nc4nccc(N5CCCCC5)c4[nH]3)c12.